The predicted octanol–water partition coefficient (Wildman–Crippen LogP) is 6.15. The van der Waals surface area contributed by atoms with Crippen LogP contribution in [0.2, 0.25) is 5.28 Å². The van der Waals surface area contributed by atoms with Gasteiger partial charge in [0.15, 0.2) is 0 Å². The third-order valence-electron chi connectivity index (χ3n) is 4.75. The smallest absolute Gasteiger partial charge is 0.224 e. The molecular formula is C23H21ClN4. The summed E-state index contributed by atoms with van der Waals surface area (Å²) < 4.78 is 0. The van der Waals surface area contributed by atoms with Crippen molar-refractivity contribution in [3.05, 3.63) is 83.9 Å². The second-order valence-corrected chi connectivity index (χ2v) is 7.37. The molecule has 2 aromatic heterocycles. The Morgan fingerprint density at radius 2 is 1.64 bits per heavy atom. The van der Waals surface area contributed by atoms with Crippen LogP contribution in [0.5, 0.6) is 0 Å². The number of benzene rings is 2. The molecule has 4 rings (SSSR count). The van der Waals surface area contributed by atoms with Gasteiger partial charge in [0.2, 0.25) is 5.28 Å². The molecular weight excluding hydrogens is 368 g/mol. The van der Waals surface area contributed by atoms with Crippen LogP contribution in [-0.2, 0) is 0 Å². The molecule has 1 N–H and O–H groups in total. The Morgan fingerprint density at radius 1 is 0.857 bits per heavy atom. The molecule has 5 heteroatoms. The van der Waals surface area contributed by atoms with Crippen LogP contribution in [0.1, 0.15) is 25.6 Å². The van der Waals surface area contributed by atoms with Crippen molar-refractivity contribution >= 4 is 28.3 Å². The summed E-state index contributed by atoms with van der Waals surface area (Å²) in [5, 5.41) is 4.77. The van der Waals surface area contributed by atoms with Gasteiger partial charge in [-0.15, -0.1) is 0 Å². The van der Waals surface area contributed by atoms with Crippen LogP contribution in [0.3, 0.4) is 0 Å². The number of nitrogens with one attached hydrogen (secondary N) is 1. The Bertz CT molecular complexity index is 1080. The van der Waals surface area contributed by atoms with E-state index in [1.54, 1.807) is 0 Å². The molecule has 0 fully saturated rings. The number of fused-ring (bicyclic) bond motifs is 1. The second kappa shape index (κ2) is 7.95. The average Bonchev–Trinajstić information content (AvgIpc) is 2.72. The number of anilines is 1. The zero-order valence-corrected chi connectivity index (χ0v) is 16.6. The molecule has 1 unspecified atom stereocenters. The zero-order chi connectivity index (χ0) is 19.5. The van der Waals surface area contributed by atoms with Crippen molar-refractivity contribution in [3.8, 4) is 11.1 Å². The summed E-state index contributed by atoms with van der Waals surface area (Å²) in [5.41, 5.74) is 3.96. The maximum Gasteiger partial charge on any atom is 0.224 e. The van der Waals surface area contributed by atoms with Crippen LogP contribution in [0.4, 0.5) is 5.82 Å². The van der Waals surface area contributed by atoms with Gasteiger partial charge in [-0.2, -0.15) is 0 Å². The van der Waals surface area contributed by atoms with E-state index in [1.165, 1.54) is 0 Å². The van der Waals surface area contributed by atoms with Crippen molar-refractivity contribution < 1.29 is 0 Å². The summed E-state index contributed by atoms with van der Waals surface area (Å²) in [4.78, 5) is 13.5. The molecule has 0 amide bonds. The van der Waals surface area contributed by atoms with Crippen molar-refractivity contribution in [3.63, 3.8) is 0 Å². The third kappa shape index (κ3) is 3.69. The van der Waals surface area contributed by atoms with Gasteiger partial charge < -0.3 is 5.32 Å². The first kappa shape index (κ1) is 18.4. The molecule has 28 heavy (non-hydrogen) atoms. The lowest BCUT2D eigenvalue weighted by molar-refractivity contribution is 0.534. The molecule has 0 radical (unpaired) electrons. The Hall–Kier alpha value is -2.98. The standard InChI is InChI=1S/C23H21ClN4/c1-15(2)21(19-12-6-7-14-25-19)27-22-20-17(16-9-4-3-5-10-16)11-8-13-18(20)26-23(24)28-22/h3-15,21H,1-2H3,(H,26,27,28). The first-order valence-corrected chi connectivity index (χ1v) is 9.70. The summed E-state index contributed by atoms with van der Waals surface area (Å²) in [7, 11) is 0. The van der Waals surface area contributed by atoms with Gasteiger partial charge in [-0.1, -0.05) is 62.4 Å². The zero-order valence-electron chi connectivity index (χ0n) is 15.8. The van der Waals surface area contributed by atoms with Gasteiger partial charge in [0, 0.05) is 6.20 Å². The van der Waals surface area contributed by atoms with E-state index in [4.69, 9.17) is 11.6 Å². The molecule has 140 valence electrons. The van der Waals surface area contributed by atoms with Crippen molar-refractivity contribution in [1.82, 2.24) is 15.0 Å². The van der Waals surface area contributed by atoms with Crippen molar-refractivity contribution in [2.75, 3.05) is 5.32 Å². The van der Waals surface area contributed by atoms with Crippen molar-refractivity contribution in [2.45, 2.75) is 19.9 Å². The van der Waals surface area contributed by atoms with E-state index < -0.39 is 0 Å². The lowest BCUT2D eigenvalue weighted by Crippen LogP contribution is -2.19. The van der Waals surface area contributed by atoms with Crippen LogP contribution in [-0.4, -0.2) is 15.0 Å². The van der Waals surface area contributed by atoms with E-state index >= 15 is 0 Å². The quantitative estimate of drug-likeness (QED) is 0.416. The predicted molar refractivity (Wildman–Crippen MR) is 115 cm³/mol. The minimum Gasteiger partial charge on any atom is -0.361 e. The monoisotopic (exact) mass is 388 g/mol. The first-order chi connectivity index (χ1) is 13.6. The summed E-state index contributed by atoms with van der Waals surface area (Å²) in [6, 6.07) is 22.2. The summed E-state index contributed by atoms with van der Waals surface area (Å²) in [5.74, 6) is 1.03. The molecule has 0 aliphatic rings. The number of hydrogen-bond donors (Lipinski definition) is 1. The Morgan fingerprint density at radius 3 is 2.36 bits per heavy atom. The fourth-order valence-corrected chi connectivity index (χ4v) is 3.58. The SMILES string of the molecule is CC(C)C(Nc1nc(Cl)nc2cccc(-c3ccccc3)c12)c1ccccn1. The second-order valence-electron chi connectivity index (χ2n) is 7.03. The molecule has 1 atom stereocenters. The molecule has 4 aromatic rings. The Kier molecular flexibility index (Phi) is 5.22. The molecule has 0 spiro atoms. The Labute approximate surface area is 169 Å². The van der Waals surface area contributed by atoms with E-state index in [2.05, 4.69) is 52.3 Å². The minimum absolute atomic E-state index is 0.000744. The average molecular weight is 389 g/mol. The molecule has 0 bridgehead atoms. The van der Waals surface area contributed by atoms with Gasteiger partial charge in [-0.25, -0.2) is 9.97 Å². The fourth-order valence-electron chi connectivity index (χ4n) is 3.41. The number of halogens is 1. The summed E-state index contributed by atoms with van der Waals surface area (Å²) in [6.07, 6.45) is 1.81. The normalized spacial score (nSPS) is 12.3. The van der Waals surface area contributed by atoms with E-state index in [1.807, 2.05) is 54.7 Å². The van der Waals surface area contributed by atoms with E-state index in [0.717, 1.165) is 33.5 Å². The van der Waals surface area contributed by atoms with Gasteiger partial charge in [-0.3, -0.25) is 4.98 Å². The molecule has 0 aliphatic heterocycles. The lowest BCUT2D eigenvalue weighted by atomic mass is 9.98. The van der Waals surface area contributed by atoms with Crippen LogP contribution in [0.15, 0.2) is 72.9 Å². The fraction of sp³-hybridized carbons (Fsp3) is 0.174. The number of aromatic nitrogens is 3. The van der Waals surface area contributed by atoms with E-state index in [0.29, 0.717) is 5.92 Å². The largest absolute Gasteiger partial charge is 0.361 e. The van der Waals surface area contributed by atoms with Crippen molar-refractivity contribution in [1.29, 1.82) is 0 Å². The van der Waals surface area contributed by atoms with Crippen LogP contribution < -0.4 is 5.32 Å². The molecule has 2 heterocycles. The summed E-state index contributed by atoms with van der Waals surface area (Å²) in [6.45, 7) is 4.32. The maximum atomic E-state index is 6.25. The minimum atomic E-state index is -0.000744. The van der Waals surface area contributed by atoms with Gasteiger partial charge in [0.1, 0.15) is 5.82 Å². The Balaban J connectivity index is 1.88. The molecule has 0 saturated heterocycles. The highest BCUT2D eigenvalue weighted by Crippen LogP contribution is 2.35. The van der Waals surface area contributed by atoms with Crippen LogP contribution in [0, 0.1) is 5.92 Å². The van der Waals surface area contributed by atoms with E-state index in [9.17, 15) is 0 Å². The molecule has 0 aliphatic carbocycles. The van der Waals surface area contributed by atoms with Gasteiger partial charge in [0.05, 0.1) is 22.6 Å². The van der Waals surface area contributed by atoms with Crippen LogP contribution in [0.25, 0.3) is 22.0 Å². The van der Waals surface area contributed by atoms with Crippen molar-refractivity contribution in [2.24, 2.45) is 5.92 Å². The lowest BCUT2D eigenvalue weighted by Gasteiger charge is -2.24. The van der Waals surface area contributed by atoms with Gasteiger partial charge in [0.25, 0.3) is 0 Å². The first-order valence-electron chi connectivity index (χ1n) is 9.32. The third-order valence-corrected chi connectivity index (χ3v) is 4.92. The summed E-state index contributed by atoms with van der Waals surface area (Å²) >= 11 is 6.25. The molecule has 4 nitrogen and oxygen atoms in total. The number of nitrogens with zero attached hydrogens (tertiary/aromatic N) is 3. The number of rotatable bonds is 5. The molecule has 0 saturated carbocycles. The number of pyridine rings is 1. The maximum absolute atomic E-state index is 6.25. The van der Waals surface area contributed by atoms with E-state index in [-0.39, 0.29) is 11.3 Å². The van der Waals surface area contributed by atoms with Gasteiger partial charge in [-0.05, 0) is 46.8 Å². The highest BCUT2D eigenvalue weighted by atomic mass is 35.5. The van der Waals surface area contributed by atoms with Crippen LogP contribution >= 0.6 is 11.6 Å². The molecule has 2 aromatic carbocycles. The highest BCUT2D eigenvalue weighted by Gasteiger charge is 2.20. The topological polar surface area (TPSA) is 50.7 Å². The number of hydrogen-bond acceptors (Lipinski definition) is 4. The van der Waals surface area contributed by atoms with Gasteiger partial charge >= 0.3 is 0 Å². The highest BCUT2D eigenvalue weighted by molar-refractivity contribution is 6.29.